The molecule has 18 heavy (non-hydrogen) atoms. The second kappa shape index (κ2) is 5.84. The van der Waals surface area contributed by atoms with Crippen LogP contribution in [0.5, 0.6) is 5.75 Å². The summed E-state index contributed by atoms with van der Waals surface area (Å²) in [6, 6.07) is 11.4. The molecule has 0 aliphatic carbocycles. The molecule has 2 nitrogen and oxygen atoms in total. The Balaban J connectivity index is 2.24. The van der Waals surface area contributed by atoms with Gasteiger partial charge in [0.25, 0.3) is 0 Å². The predicted octanol–water partition coefficient (Wildman–Crippen LogP) is 4.82. The third kappa shape index (κ3) is 3.32. The molecule has 0 amide bonds. The van der Waals surface area contributed by atoms with E-state index >= 15 is 0 Å². The Morgan fingerprint density at radius 2 is 2.00 bits per heavy atom. The van der Waals surface area contributed by atoms with Gasteiger partial charge in [0.15, 0.2) is 0 Å². The van der Waals surface area contributed by atoms with E-state index in [9.17, 15) is 5.11 Å². The van der Waals surface area contributed by atoms with E-state index in [1.165, 1.54) is 0 Å². The van der Waals surface area contributed by atoms with E-state index in [2.05, 4.69) is 43.5 Å². The van der Waals surface area contributed by atoms with Crippen molar-refractivity contribution in [2.24, 2.45) is 4.99 Å². The summed E-state index contributed by atoms with van der Waals surface area (Å²) in [4.78, 5) is 4.42. The van der Waals surface area contributed by atoms with Gasteiger partial charge in [-0.1, -0.05) is 15.9 Å². The number of halogens is 2. The molecule has 0 fully saturated rings. The minimum absolute atomic E-state index is 0.298. The van der Waals surface area contributed by atoms with Gasteiger partial charge < -0.3 is 5.11 Å². The fraction of sp³-hybridized carbons (Fsp3) is 0.0714. The van der Waals surface area contributed by atoms with Crippen LogP contribution >= 0.6 is 38.5 Å². The van der Waals surface area contributed by atoms with Crippen LogP contribution in [0.2, 0.25) is 0 Å². The van der Waals surface area contributed by atoms with Crippen LogP contribution in [0.1, 0.15) is 11.1 Å². The second-order valence-corrected chi connectivity index (χ2v) is 5.92. The average Bonchev–Trinajstić information content (AvgIpc) is 2.35. The summed E-state index contributed by atoms with van der Waals surface area (Å²) in [5.74, 6) is 0.298. The fourth-order valence-corrected chi connectivity index (χ4v) is 2.25. The number of phenolic OH excluding ortho intramolecular Hbond substituents is 1. The molecule has 2 aromatic carbocycles. The predicted molar refractivity (Wildman–Crippen MR) is 87.0 cm³/mol. The Morgan fingerprint density at radius 3 is 2.67 bits per heavy atom. The summed E-state index contributed by atoms with van der Waals surface area (Å²) in [6.45, 7) is 2.03. The quantitative estimate of drug-likeness (QED) is 0.553. The number of hydrogen-bond donors (Lipinski definition) is 1. The minimum atomic E-state index is 0.298. The SMILES string of the molecule is Cc1cc(N=Cc2ccc(O)c(I)c2)ccc1Br. The van der Waals surface area contributed by atoms with Gasteiger partial charge in [-0.2, -0.15) is 0 Å². The maximum absolute atomic E-state index is 9.44. The second-order valence-electron chi connectivity index (χ2n) is 3.90. The van der Waals surface area contributed by atoms with Crippen LogP contribution in [0.25, 0.3) is 0 Å². The molecule has 0 aliphatic heterocycles. The number of nitrogens with zero attached hydrogens (tertiary/aromatic N) is 1. The lowest BCUT2D eigenvalue weighted by Gasteiger charge is -2.00. The van der Waals surface area contributed by atoms with Gasteiger partial charge in [-0.05, 0) is 77.0 Å². The van der Waals surface area contributed by atoms with Crippen molar-refractivity contribution >= 4 is 50.4 Å². The van der Waals surface area contributed by atoms with Gasteiger partial charge in [0.1, 0.15) is 5.75 Å². The van der Waals surface area contributed by atoms with Crippen LogP contribution in [-0.2, 0) is 0 Å². The van der Waals surface area contributed by atoms with Crippen molar-refractivity contribution in [1.82, 2.24) is 0 Å². The van der Waals surface area contributed by atoms with Crippen LogP contribution in [0.15, 0.2) is 45.9 Å². The fourth-order valence-electron chi connectivity index (χ4n) is 1.46. The highest BCUT2D eigenvalue weighted by Crippen LogP contribution is 2.23. The van der Waals surface area contributed by atoms with Crippen molar-refractivity contribution in [2.45, 2.75) is 6.92 Å². The largest absolute Gasteiger partial charge is 0.507 e. The van der Waals surface area contributed by atoms with Crippen LogP contribution < -0.4 is 0 Å². The Hall–Kier alpha value is -0.880. The number of phenols is 1. The standard InChI is InChI=1S/C14H11BrINO/c1-9-6-11(3-4-12(9)15)17-8-10-2-5-14(18)13(16)7-10/h2-8,18H,1H3. The number of aryl methyl sites for hydroxylation is 1. The number of rotatable bonds is 2. The molecule has 2 aromatic rings. The number of aromatic hydroxyl groups is 1. The molecule has 0 aromatic heterocycles. The number of hydrogen-bond acceptors (Lipinski definition) is 2. The van der Waals surface area contributed by atoms with Gasteiger partial charge in [0, 0.05) is 10.7 Å². The molecule has 1 N–H and O–H groups in total. The van der Waals surface area contributed by atoms with Gasteiger partial charge in [-0.3, -0.25) is 4.99 Å². The highest BCUT2D eigenvalue weighted by atomic mass is 127. The molecule has 0 spiro atoms. The summed E-state index contributed by atoms with van der Waals surface area (Å²) in [7, 11) is 0. The molecule has 0 atom stereocenters. The van der Waals surface area contributed by atoms with Crippen molar-refractivity contribution in [1.29, 1.82) is 0 Å². The monoisotopic (exact) mass is 415 g/mol. The first-order valence-electron chi connectivity index (χ1n) is 5.35. The Labute approximate surface area is 128 Å². The van der Waals surface area contributed by atoms with Gasteiger partial charge in [0.2, 0.25) is 0 Å². The van der Waals surface area contributed by atoms with E-state index in [1.807, 2.05) is 37.3 Å². The van der Waals surface area contributed by atoms with Crippen molar-refractivity contribution in [3.05, 3.63) is 55.6 Å². The maximum Gasteiger partial charge on any atom is 0.128 e. The topological polar surface area (TPSA) is 32.6 Å². The van der Waals surface area contributed by atoms with Gasteiger partial charge >= 0.3 is 0 Å². The van der Waals surface area contributed by atoms with E-state index in [0.29, 0.717) is 5.75 Å². The minimum Gasteiger partial charge on any atom is -0.507 e. The zero-order chi connectivity index (χ0) is 13.1. The molecule has 4 heteroatoms. The van der Waals surface area contributed by atoms with E-state index in [-0.39, 0.29) is 0 Å². The van der Waals surface area contributed by atoms with Gasteiger partial charge in [0.05, 0.1) is 9.26 Å². The van der Waals surface area contributed by atoms with Crippen LogP contribution in [-0.4, -0.2) is 11.3 Å². The summed E-state index contributed by atoms with van der Waals surface area (Å²) >= 11 is 5.56. The third-order valence-electron chi connectivity index (χ3n) is 2.48. The van der Waals surface area contributed by atoms with Crippen molar-refractivity contribution in [3.8, 4) is 5.75 Å². The van der Waals surface area contributed by atoms with Crippen molar-refractivity contribution < 1.29 is 5.11 Å². The molecule has 0 saturated carbocycles. The molecule has 2 rings (SSSR count). The third-order valence-corrected chi connectivity index (χ3v) is 4.23. The summed E-state index contributed by atoms with van der Waals surface area (Å²) in [5.41, 5.74) is 3.04. The van der Waals surface area contributed by atoms with Crippen LogP contribution in [0, 0.1) is 10.5 Å². The van der Waals surface area contributed by atoms with Gasteiger partial charge in [-0.25, -0.2) is 0 Å². The van der Waals surface area contributed by atoms with Crippen LogP contribution in [0.4, 0.5) is 5.69 Å². The first-order chi connectivity index (χ1) is 8.56. The maximum atomic E-state index is 9.44. The normalized spacial score (nSPS) is 11.1. The molecule has 92 valence electrons. The zero-order valence-corrected chi connectivity index (χ0v) is 13.4. The molecule has 0 radical (unpaired) electrons. The summed E-state index contributed by atoms with van der Waals surface area (Å²) < 4.78 is 1.91. The first kappa shape index (κ1) is 13.5. The molecule has 0 heterocycles. The molecule has 0 bridgehead atoms. The lowest BCUT2D eigenvalue weighted by molar-refractivity contribution is 0.471. The Morgan fingerprint density at radius 1 is 1.22 bits per heavy atom. The lowest BCUT2D eigenvalue weighted by Crippen LogP contribution is -1.83. The first-order valence-corrected chi connectivity index (χ1v) is 7.22. The summed E-state index contributed by atoms with van der Waals surface area (Å²) in [6.07, 6.45) is 1.80. The number of aliphatic imine (C=N–C) groups is 1. The Bertz CT molecular complexity index is 557. The average molecular weight is 416 g/mol. The number of benzene rings is 2. The zero-order valence-electron chi connectivity index (χ0n) is 9.69. The smallest absolute Gasteiger partial charge is 0.128 e. The molecule has 0 unspecified atom stereocenters. The van der Waals surface area contributed by atoms with E-state index in [4.69, 9.17) is 0 Å². The molecule has 0 saturated heterocycles. The van der Waals surface area contributed by atoms with Crippen LogP contribution in [0.3, 0.4) is 0 Å². The molecule has 0 aliphatic rings. The molecular formula is C14H11BrINO. The van der Waals surface area contributed by atoms with Crippen molar-refractivity contribution in [2.75, 3.05) is 0 Å². The lowest BCUT2D eigenvalue weighted by atomic mass is 10.2. The summed E-state index contributed by atoms with van der Waals surface area (Å²) in [5, 5.41) is 9.44. The highest BCUT2D eigenvalue weighted by Gasteiger charge is 1.98. The van der Waals surface area contributed by atoms with E-state index in [1.54, 1.807) is 12.3 Å². The Kier molecular flexibility index (Phi) is 4.40. The highest BCUT2D eigenvalue weighted by molar-refractivity contribution is 14.1. The van der Waals surface area contributed by atoms with E-state index < -0.39 is 0 Å². The van der Waals surface area contributed by atoms with Gasteiger partial charge in [-0.15, -0.1) is 0 Å². The van der Waals surface area contributed by atoms with Crippen molar-refractivity contribution in [3.63, 3.8) is 0 Å². The van der Waals surface area contributed by atoms with E-state index in [0.717, 1.165) is 24.9 Å². The molecular weight excluding hydrogens is 405 g/mol.